The highest BCUT2D eigenvalue weighted by Crippen LogP contribution is 2.36. The van der Waals surface area contributed by atoms with E-state index in [-0.39, 0.29) is 5.82 Å². The van der Waals surface area contributed by atoms with Crippen LogP contribution < -0.4 is 10.5 Å². The zero-order valence-corrected chi connectivity index (χ0v) is 9.77. The number of aryl methyl sites for hydroxylation is 1. The first-order valence-electron chi connectivity index (χ1n) is 4.68. The molecule has 5 heteroatoms. The van der Waals surface area contributed by atoms with E-state index in [1.165, 1.54) is 30.6 Å². The number of ether oxygens (including phenoxy) is 1. The molecule has 1 heterocycles. The maximum Gasteiger partial charge on any atom is 0.128 e. The summed E-state index contributed by atoms with van der Waals surface area (Å²) >= 11 is 1.38. The molecule has 2 N–H and O–H groups in total. The first-order chi connectivity index (χ1) is 7.61. The van der Waals surface area contributed by atoms with Crippen LogP contribution in [0.3, 0.4) is 0 Å². The topological polar surface area (TPSA) is 48.1 Å². The predicted molar refractivity (Wildman–Crippen MR) is 63.2 cm³/mol. The monoisotopic (exact) mass is 238 g/mol. The Morgan fingerprint density at radius 2 is 2.19 bits per heavy atom. The fraction of sp³-hybridized carbons (Fsp3) is 0.182. The second-order valence-corrected chi connectivity index (χ2v) is 4.53. The lowest BCUT2D eigenvalue weighted by Crippen LogP contribution is -1.92. The zero-order valence-electron chi connectivity index (χ0n) is 8.95. The molecule has 0 atom stereocenters. The molecule has 0 bridgehead atoms. The SMILES string of the molecule is COc1ccc(F)cc1-c1nc(C)sc1N. The molecule has 0 unspecified atom stereocenters. The lowest BCUT2D eigenvalue weighted by molar-refractivity contribution is 0.415. The van der Waals surface area contributed by atoms with Gasteiger partial charge < -0.3 is 10.5 Å². The van der Waals surface area contributed by atoms with Gasteiger partial charge in [0, 0.05) is 5.56 Å². The summed E-state index contributed by atoms with van der Waals surface area (Å²) in [6, 6.07) is 4.29. The van der Waals surface area contributed by atoms with Gasteiger partial charge >= 0.3 is 0 Å². The number of rotatable bonds is 2. The van der Waals surface area contributed by atoms with Crippen molar-refractivity contribution < 1.29 is 9.13 Å². The summed E-state index contributed by atoms with van der Waals surface area (Å²) in [6.07, 6.45) is 0. The number of benzene rings is 1. The number of hydrogen-bond acceptors (Lipinski definition) is 4. The smallest absolute Gasteiger partial charge is 0.128 e. The molecule has 0 fully saturated rings. The molecule has 0 spiro atoms. The summed E-state index contributed by atoms with van der Waals surface area (Å²) in [4.78, 5) is 4.28. The molecule has 0 amide bonds. The molecular weight excluding hydrogens is 227 g/mol. The normalized spacial score (nSPS) is 10.4. The van der Waals surface area contributed by atoms with E-state index in [0.717, 1.165) is 5.01 Å². The van der Waals surface area contributed by atoms with E-state index >= 15 is 0 Å². The Morgan fingerprint density at radius 1 is 1.44 bits per heavy atom. The number of methoxy groups -OCH3 is 1. The highest BCUT2D eigenvalue weighted by molar-refractivity contribution is 7.16. The molecule has 0 aliphatic rings. The van der Waals surface area contributed by atoms with E-state index in [1.807, 2.05) is 6.92 Å². The van der Waals surface area contributed by atoms with Crippen LogP contribution in [-0.4, -0.2) is 12.1 Å². The Bertz CT molecular complexity index is 525. The maximum atomic E-state index is 13.2. The number of hydrogen-bond donors (Lipinski definition) is 1. The van der Waals surface area contributed by atoms with Crippen LogP contribution in [0.4, 0.5) is 9.39 Å². The van der Waals surface area contributed by atoms with Crippen LogP contribution in [0.1, 0.15) is 5.01 Å². The van der Waals surface area contributed by atoms with Gasteiger partial charge in [-0.2, -0.15) is 0 Å². The zero-order chi connectivity index (χ0) is 11.7. The van der Waals surface area contributed by atoms with Gasteiger partial charge in [0.2, 0.25) is 0 Å². The summed E-state index contributed by atoms with van der Waals surface area (Å²) in [5, 5.41) is 1.42. The molecule has 0 saturated heterocycles. The number of nitrogens with two attached hydrogens (primary N) is 1. The molecule has 1 aromatic heterocycles. The van der Waals surface area contributed by atoms with E-state index in [9.17, 15) is 4.39 Å². The number of halogens is 1. The van der Waals surface area contributed by atoms with Crippen LogP contribution in [0.2, 0.25) is 0 Å². The minimum Gasteiger partial charge on any atom is -0.496 e. The van der Waals surface area contributed by atoms with Gasteiger partial charge in [-0.1, -0.05) is 0 Å². The Balaban J connectivity index is 2.62. The second-order valence-electron chi connectivity index (χ2n) is 3.29. The van der Waals surface area contributed by atoms with E-state index in [2.05, 4.69) is 4.98 Å². The van der Waals surface area contributed by atoms with Crippen molar-refractivity contribution in [1.29, 1.82) is 0 Å². The molecule has 0 aliphatic carbocycles. The Kier molecular flexibility index (Phi) is 2.78. The molecule has 0 saturated carbocycles. The van der Waals surface area contributed by atoms with Gasteiger partial charge in [-0.3, -0.25) is 0 Å². The standard InChI is InChI=1S/C11H11FN2OS/c1-6-14-10(11(13)16-6)8-5-7(12)3-4-9(8)15-2/h3-5H,13H2,1-2H3. The van der Waals surface area contributed by atoms with Gasteiger partial charge in [-0.15, -0.1) is 11.3 Å². The van der Waals surface area contributed by atoms with Gasteiger partial charge in [0.05, 0.1) is 12.1 Å². The van der Waals surface area contributed by atoms with Crippen LogP contribution in [0, 0.1) is 12.7 Å². The van der Waals surface area contributed by atoms with Crippen LogP contribution in [0.5, 0.6) is 5.75 Å². The summed E-state index contributed by atoms with van der Waals surface area (Å²) in [5.41, 5.74) is 6.99. The van der Waals surface area contributed by atoms with E-state index < -0.39 is 0 Å². The van der Waals surface area contributed by atoms with Gasteiger partial charge in [0.25, 0.3) is 0 Å². The molecule has 0 aliphatic heterocycles. The summed E-state index contributed by atoms with van der Waals surface area (Å²) < 4.78 is 18.3. The summed E-state index contributed by atoms with van der Waals surface area (Å²) in [6.45, 7) is 1.86. The van der Waals surface area contributed by atoms with Crippen molar-refractivity contribution in [2.24, 2.45) is 0 Å². The van der Waals surface area contributed by atoms with Gasteiger partial charge in [0.15, 0.2) is 0 Å². The molecule has 84 valence electrons. The third-order valence-corrected chi connectivity index (χ3v) is 2.98. The number of thiazole rings is 1. The van der Waals surface area contributed by atoms with E-state index in [1.54, 1.807) is 6.07 Å². The predicted octanol–water partition coefficient (Wildman–Crippen LogP) is 2.85. The van der Waals surface area contributed by atoms with E-state index in [0.29, 0.717) is 22.0 Å². The Labute approximate surface area is 96.7 Å². The molecule has 1 aromatic carbocycles. The van der Waals surface area contributed by atoms with Gasteiger partial charge in [0.1, 0.15) is 22.3 Å². The number of anilines is 1. The third-order valence-electron chi connectivity index (χ3n) is 2.18. The first kappa shape index (κ1) is 10.9. The molecular formula is C11H11FN2OS. The average molecular weight is 238 g/mol. The number of nitrogen functional groups attached to an aromatic ring is 1. The van der Waals surface area contributed by atoms with E-state index in [4.69, 9.17) is 10.5 Å². The minimum absolute atomic E-state index is 0.333. The third kappa shape index (κ3) is 1.86. The van der Waals surface area contributed by atoms with Crippen molar-refractivity contribution in [1.82, 2.24) is 4.98 Å². The molecule has 16 heavy (non-hydrogen) atoms. The van der Waals surface area contributed by atoms with Crippen molar-refractivity contribution >= 4 is 16.3 Å². The van der Waals surface area contributed by atoms with Crippen molar-refractivity contribution in [3.8, 4) is 17.0 Å². The van der Waals surface area contributed by atoms with Crippen molar-refractivity contribution in [3.05, 3.63) is 29.0 Å². The summed E-state index contributed by atoms with van der Waals surface area (Å²) in [7, 11) is 1.53. The second kappa shape index (κ2) is 4.09. The van der Waals surface area contributed by atoms with Crippen LogP contribution in [0.25, 0.3) is 11.3 Å². The van der Waals surface area contributed by atoms with Crippen LogP contribution in [-0.2, 0) is 0 Å². The maximum absolute atomic E-state index is 13.2. The highest BCUT2D eigenvalue weighted by Gasteiger charge is 2.14. The first-order valence-corrected chi connectivity index (χ1v) is 5.50. The Morgan fingerprint density at radius 3 is 2.75 bits per heavy atom. The summed E-state index contributed by atoms with van der Waals surface area (Å²) in [5.74, 6) is 0.235. The number of aromatic nitrogens is 1. The quantitative estimate of drug-likeness (QED) is 0.875. The van der Waals surface area contributed by atoms with Crippen molar-refractivity contribution in [2.75, 3.05) is 12.8 Å². The molecule has 0 radical (unpaired) electrons. The lowest BCUT2D eigenvalue weighted by Gasteiger charge is -2.06. The fourth-order valence-corrected chi connectivity index (χ4v) is 2.21. The number of nitrogens with zero attached hydrogens (tertiary/aromatic N) is 1. The largest absolute Gasteiger partial charge is 0.496 e. The fourth-order valence-electron chi connectivity index (χ4n) is 1.50. The molecule has 3 nitrogen and oxygen atoms in total. The lowest BCUT2D eigenvalue weighted by atomic mass is 10.1. The molecule has 2 aromatic rings. The van der Waals surface area contributed by atoms with Crippen molar-refractivity contribution in [3.63, 3.8) is 0 Å². The Hall–Kier alpha value is -1.62. The van der Waals surface area contributed by atoms with Gasteiger partial charge in [-0.25, -0.2) is 9.37 Å². The van der Waals surface area contributed by atoms with Crippen LogP contribution in [0.15, 0.2) is 18.2 Å². The molecule has 2 rings (SSSR count). The van der Waals surface area contributed by atoms with Crippen LogP contribution >= 0.6 is 11.3 Å². The average Bonchev–Trinajstić information content (AvgIpc) is 2.57. The van der Waals surface area contributed by atoms with Crippen molar-refractivity contribution in [2.45, 2.75) is 6.92 Å². The highest BCUT2D eigenvalue weighted by atomic mass is 32.1. The minimum atomic E-state index is -0.333. The van der Waals surface area contributed by atoms with Gasteiger partial charge in [-0.05, 0) is 25.1 Å².